The molecular formula is C20H17N3O4. The Kier molecular flexibility index (Phi) is 3.78. The number of amides is 1. The predicted molar refractivity (Wildman–Crippen MR) is 95.1 cm³/mol. The van der Waals surface area contributed by atoms with E-state index in [0.717, 1.165) is 33.9 Å². The Labute approximate surface area is 155 Å². The van der Waals surface area contributed by atoms with Gasteiger partial charge in [-0.15, -0.1) is 0 Å². The van der Waals surface area contributed by atoms with E-state index in [1.807, 2.05) is 35.2 Å². The maximum atomic E-state index is 12.7. The normalized spacial score (nSPS) is 14.9. The molecule has 0 spiro atoms. The highest BCUT2D eigenvalue weighted by Gasteiger charge is 2.28. The molecule has 5 rings (SSSR count). The summed E-state index contributed by atoms with van der Waals surface area (Å²) in [4.78, 5) is 18.6. The largest absolute Gasteiger partial charge is 0.454 e. The van der Waals surface area contributed by atoms with Gasteiger partial charge in [0.15, 0.2) is 11.5 Å². The van der Waals surface area contributed by atoms with Gasteiger partial charge in [0.2, 0.25) is 12.7 Å². The SMILES string of the molecule is O=C(Cc1ccncc1)N1CCc2onc(-c3ccc4c(c3)OCO4)c2C1. The summed E-state index contributed by atoms with van der Waals surface area (Å²) in [6.07, 6.45) is 4.43. The molecule has 7 heteroatoms. The molecule has 2 aliphatic heterocycles. The van der Waals surface area contributed by atoms with Crippen LogP contribution in [-0.4, -0.2) is 34.3 Å². The van der Waals surface area contributed by atoms with Gasteiger partial charge in [-0.3, -0.25) is 9.78 Å². The molecule has 0 atom stereocenters. The minimum atomic E-state index is 0.0877. The summed E-state index contributed by atoms with van der Waals surface area (Å²) in [5.41, 5.74) is 3.57. The van der Waals surface area contributed by atoms with Crippen molar-refractivity contribution in [2.45, 2.75) is 19.4 Å². The molecule has 0 saturated carbocycles. The number of carbonyl (C=O) groups excluding carboxylic acids is 1. The molecule has 1 amide bonds. The Morgan fingerprint density at radius 3 is 2.85 bits per heavy atom. The molecule has 0 unspecified atom stereocenters. The van der Waals surface area contributed by atoms with Crippen LogP contribution in [0.5, 0.6) is 11.5 Å². The Hall–Kier alpha value is -3.35. The minimum Gasteiger partial charge on any atom is -0.454 e. The first-order valence-corrected chi connectivity index (χ1v) is 8.82. The van der Waals surface area contributed by atoms with E-state index in [-0.39, 0.29) is 12.7 Å². The van der Waals surface area contributed by atoms with E-state index in [2.05, 4.69) is 10.1 Å². The molecule has 0 radical (unpaired) electrons. The first-order chi connectivity index (χ1) is 13.3. The molecule has 27 heavy (non-hydrogen) atoms. The van der Waals surface area contributed by atoms with Crippen LogP contribution in [0.15, 0.2) is 47.2 Å². The fraction of sp³-hybridized carbons (Fsp3) is 0.250. The zero-order valence-corrected chi connectivity index (χ0v) is 14.6. The van der Waals surface area contributed by atoms with E-state index in [0.29, 0.717) is 31.7 Å². The highest BCUT2D eigenvalue weighted by molar-refractivity contribution is 5.79. The lowest BCUT2D eigenvalue weighted by Gasteiger charge is -2.26. The smallest absolute Gasteiger partial charge is 0.231 e. The van der Waals surface area contributed by atoms with Crippen molar-refractivity contribution in [3.63, 3.8) is 0 Å². The molecule has 2 aliphatic rings. The van der Waals surface area contributed by atoms with E-state index in [9.17, 15) is 4.79 Å². The van der Waals surface area contributed by atoms with E-state index in [1.54, 1.807) is 12.4 Å². The van der Waals surface area contributed by atoms with Gasteiger partial charge in [0.05, 0.1) is 13.0 Å². The van der Waals surface area contributed by atoms with Crippen molar-refractivity contribution in [3.05, 3.63) is 59.6 Å². The van der Waals surface area contributed by atoms with Crippen LogP contribution >= 0.6 is 0 Å². The summed E-state index contributed by atoms with van der Waals surface area (Å²) >= 11 is 0. The summed E-state index contributed by atoms with van der Waals surface area (Å²) < 4.78 is 16.4. The minimum absolute atomic E-state index is 0.0877. The third-order valence-electron chi connectivity index (χ3n) is 4.93. The summed E-state index contributed by atoms with van der Waals surface area (Å²) in [6.45, 7) is 1.35. The van der Waals surface area contributed by atoms with Crippen molar-refractivity contribution in [1.82, 2.24) is 15.0 Å². The van der Waals surface area contributed by atoms with Crippen LogP contribution in [0.2, 0.25) is 0 Å². The highest BCUT2D eigenvalue weighted by atomic mass is 16.7. The van der Waals surface area contributed by atoms with Crippen LogP contribution in [0.4, 0.5) is 0 Å². The molecule has 2 aromatic heterocycles. The van der Waals surface area contributed by atoms with Crippen LogP contribution < -0.4 is 9.47 Å². The monoisotopic (exact) mass is 363 g/mol. The van der Waals surface area contributed by atoms with E-state index in [1.165, 1.54) is 0 Å². The summed E-state index contributed by atoms with van der Waals surface area (Å²) in [5, 5.41) is 4.25. The number of carbonyl (C=O) groups is 1. The molecule has 1 aromatic carbocycles. The summed E-state index contributed by atoms with van der Waals surface area (Å²) in [7, 11) is 0. The van der Waals surface area contributed by atoms with Gasteiger partial charge < -0.3 is 18.9 Å². The number of hydrogen-bond donors (Lipinski definition) is 0. The second-order valence-electron chi connectivity index (χ2n) is 6.60. The van der Waals surface area contributed by atoms with Gasteiger partial charge in [-0.05, 0) is 35.9 Å². The van der Waals surface area contributed by atoms with Gasteiger partial charge in [0.1, 0.15) is 11.5 Å². The Morgan fingerprint density at radius 2 is 1.96 bits per heavy atom. The van der Waals surface area contributed by atoms with Crippen molar-refractivity contribution in [1.29, 1.82) is 0 Å². The summed E-state index contributed by atoms with van der Waals surface area (Å²) in [5.74, 6) is 2.36. The van der Waals surface area contributed by atoms with Gasteiger partial charge in [-0.1, -0.05) is 5.16 Å². The molecular weight excluding hydrogens is 346 g/mol. The number of hydrogen-bond acceptors (Lipinski definition) is 6. The van der Waals surface area contributed by atoms with Gasteiger partial charge in [-0.2, -0.15) is 0 Å². The number of ether oxygens (including phenoxy) is 2. The first kappa shape index (κ1) is 15.9. The van der Waals surface area contributed by atoms with E-state index < -0.39 is 0 Å². The van der Waals surface area contributed by atoms with Crippen LogP contribution in [-0.2, 0) is 24.2 Å². The third-order valence-corrected chi connectivity index (χ3v) is 4.93. The molecule has 7 nitrogen and oxygen atoms in total. The Bertz CT molecular complexity index is 1000. The first-order valence-electron chi connectivity index (χ1n) is 8.82. The quantitative estimate of drug-likeness (QED) is 0.712. The lowest BCUT2D eigenvalue weighted by molar-refractivity contribution is -0.131. The number of nitrogens with zero attached hydrogens (tertiary/aromatic N) is 3. The van der Waals surface area contributed by atoms with Gasteiger partial charge in [0, 0.05) is 36.5 Å². The fourth-order valence-corrected chi connectivity index (χ4v) is 3.48. The number of fused-ring (bicyclic) bond motifs is 2. The maximum Gasteiger partial charge on any atom is 0.231 e. The number of pyridine rings is 1. The molecule has 0 fully saturated rings. The molecule has 0 N–H and O–H groups in total. The maximum absolute atomic E-state index is 12.7. The standard InChI is InChI=1S/C20H17N3O4/c24-19(9-13-3-6-21-7-4-13)23-8-5-16-15(11-23)20(22-27-16)14-1-2-17-18(10-14)26-12-25-17/h1-4,6-7,10H,5,8-9,11-12H2. The number of aromatic nitrogens is 2. The Balaban J connectivity index is 1.39. The highest BCUT2D eigenvalue weighted by Crippen LogP contribution is 2.38. The molecule has 4 heterocycles. The van der Waals surface area contributed by atoms with Crippen molar-refractivity contribution < 1.29 is 18.8 Å². The van der Waals surface area contributed by atoms with Crippen molar-refractivity contribution in [2.24, 2.45) is 0 Å². The molecule has 0 saturated heterocycles. The zero-order chi connectivity index (χ0) is 18.2. The molecule has 136 valence electrons. The van der Waals surface area contributed by atoms with Crippen LogP contribution in [0.25, 0.3) is 11.3 Å². The predicted octanol–water partition coefficient (Wildman–Crippen LogP) is 2.59. The van der Waals surface area contributed by atoms with Gasteiger partial charge in [-0.25, -0.2) is 0 Å². The Morgan fingerprint density at radius 1 is 1.11 bits per heavy atom. The van der Waals surface area contributed by atoms with Crippen molar-refractivity contribution >= 4 is 5.91 Å². The van der Waals surface area contributed by atoms with Crippen LogP contribution in [0.3, 0.4) is 0 Å². The molecule has 3 aromatic rings. The molecule has 0 aliphatic carbocycles. The van der Waals surface area contributed by atoms with Gasteiger partial charge in [0.25, 0.3) is 0 Å². The van der Waals surface area contributed by atoms with Gasteiger partial charge >= 0.3 is 0 Å². The zero-order valence-electron chi connectivity index (χ0n) is 14.6. The number of benzene rings is 1. The average Bonchev–Trinajstić information content (AvgIpc) is 3.34. The fourth-order valence-electron chi connectivity index (χ4n) is 3.48. The topological polar surface area (TPSA) is 77.7 Å². The third kappa shape index (κ3) is 2.91. The molecule has 0 bridgehead atoms. The number of rotatable bonds is 3. The van der Waals surface area contributed by atoms with Crippen molar-refractivity contribution in [3.8, 4) is 22.8 Å². The lowest BCUT2D eigenvalue weighted by Crippen LogP contribution is -2.36. The van der Waals surface area contributed by atoms with E-state index >= 15 is 0 Å². The van der Waals surface area contributed by atoms with Crippen LogP contribution in [0, 0.1) is 0 Å². The summed E-state index contributed by atoms with van der Waals surface area (Å²) in [6, 6.07) is 9.44. The van der Waals surface area contributed by atoms with E-state index in [4.69, 9.17) is 14.0 Å². The lowest BCUT2D eigenvalue weighted by atomic mass is 10.0. The average molecular weight is 363 g/mol. The van der Waals surface area contributed by atoms with Crippen LogP contribution in [0.1, 0.15) is 16.9 Å². The van der Waals surface area contributed by atoms with Crippen molar-refractivity contribution in [2.75, 3.05) is 13.3 Å². The second kappa shape index (κ2) is 6.42. The second-order valence-corrected chi connectivity index (χ2v) is 6.60.